The highest BCUT2D eigenvalue weighted by Gasteiger charge is 2.34. The monoisotopic (exact) mass is 238 g/mol. The van der Waals surface area contributed by atoms with Crippen LogP contribution >= 0.6 is 0 Å². The molecule has 0 aliphatic rings. The van der Waals surface area contributed by atoms with Crippen molar-refractivity contribution in [2.75, 3.05) is 6.54 Å². The fraction of sp³-hybridized carbons (Fsp3) is 0.875. The third-order valence-electron chi connectivity index (χ3n) is 1.72. The number of aliphatic carboxylic acids is 1. The molecule has 0 saturated heterocycles. The zero-order valence-electron chi connectivity index (χ0n) is 9.36. The first kappa shape index (κ1) is 14.3. The van der Waals surface area contributed by atoms with Crippen molar-refractivity contribution < 1.29 is 18.3 Å². The number of nitrogens with one attached hydrogen (secondary N) is 2. The minimum absolute atomic E-state index is 0.214. The average Bonchev–Trinajstić information content (AvgIpc) is 1.97. The second kappa shape index (κ2) is 4.91. The molecule has 7 heteroatoms. The van der Waals surface area contributed by atoms with E-state index in [1.54, 1.807) is 27.7 Å². The highest BCUT2D eigenvalue weighted by atomic mass is 32.2. The van der Waals surface area contributed by atoms with Crippen LogP contribution in [-0.4, -0.2) is 32.1 Å². The topological polar surface area (TPSA) is 95.5 Å². The molecule has 15 heavy (non-hydrogen) atoms. The van der Waals surface area contributed by atoms with Crippen LogP contribution in [0.15, 0.2) is 0 Å². The summed E-state index contributed by atoms with van der Waals surface area (Å²) in [5.41, 5.74) is -0.686. The molecule has 0 radical (unpaired) electrons. The zero-order chi connectivity index (χ0) is 12.3. The number of carboxylic acids is 1. The Hall–Kier alpha value is -0.660. The minimum atomic E-state index is -3.74. The third-order valence-corrected chi connectivity index (χ3v) is 2.94. The lowest BCUT2D eigenvalue weighted by Gasteiger charge is -2.27. The van der Waals surface area contributed by atoms with Crippen LogP contribution < -0.4 is 9.44 Å². The number of hydrogen-bond acceptors (Lipinski definition) is 3. The Labute approximate surface area is 90.2 Å². The summed E-state index contributed by atoms with van der Waals surface area (Å²) in [5.74, 6) is -1.19. The normalized spacial score (nSPS) is 14.9. The molecule has 0 aromatic carbocycles. The van der Waals surface area contributed by atoms with E-state index in [0.29, 0.717) is 0 Å². The summed E-state index contributed by atoms with van der Waals surface area (Å²) in [6.45, 7) is 6.79. The van der Waals surface area contributed by atoms with Crippen molar-refractivity contribution in [1.82, 2.24) is 9.44 Å². The van der Waals surface area contributed by atoms with E-state index in [2.05, 4.69) is 9.44 Å². The molecule has 0 spiro atoms. The van der Waals surface area contributed by atoms with Gasteiger partial charge in [0.25, 0.3) is 10.2 Å². The van der Waals surface area contributed by atoms with Gasteiger partial charge in [-0.05, 0) is 5.41 Å². The molecule has 0 saturated carbocycles. The lowest BCUT2D eigenvalue weighted by Crippen LogP contribution is -2.52. The molecule has 0 fully saturated rings. The number of rotatable bonds is 5. The first-order chi connectivity index (χ1) is 6.60. The molecular weight excluding hydrogens is 220 g/mol. The Bertz CT molecular complexity index is 318. The number of hydrogen-bond donors (Lipinski definition) is 3. The first-order valence-electron chi connectivity index (χ1n) is 4.60. The van der Waals surface area contributed by atoms with E-state index in [1.165, 1.54) is 0 Å². The maximum atomic E-state index is 11.3. The molecule has 0 bridgehead atoms. The van der Waals surface area contributed by atoms with Crippen LogP contribution in [0.5, 0.6) is 0 Å². The van der Waals surface area contributed by atoms with Gasteiger partial charge < -0.3 is 5.11 Å². The summed E-state index contributed by atoms with van der Waals surface area (Å²) in [4.78, 5) is 10.9. The fourth-order valence-electron chi connectivity index (χ4n) is 0.984. The summed E-state index contributed by atoms with van der Waals surface area (Å²) in [5, 5.41) is 8.89. The summed E-state index contributed by atoms with van der Waals surface area (Å²) in [6.07, 6.45) is 0. The van der Waals surface area contributed by atoms with Crippen LogP contribution in [-0.2, 0) is 15.0 Å². The lowest BCUT2D eigenvalue weighted by molar-refractivity contribution is -0.141. The molecule has 0 aliphatic carbocycles. The smallest absolute Gasteiger partial charge is 0.322 e. The lowest BCUT2D eigenvalue weighted by atomic mass is 9.88. The van der Waals surface area contributed by atoms with E-state index in [9.17, 15) is 13.2 Å². The fourth-order valence-corrected chi connectivity index (χ4v) is 2.21. The molecule has 0 aromatic heterocycles. The first-order valence-corrected chi connectivity index (χ1v) is 6.08. The summed E-state index contributed by atoms with van der Waals surface area (Å²) < 4.78 is 26.9. The van der Waals surface area contributed by atoms with E-state index >= 15 is 0 Å². The van der Waals surface area contributed by atoms with Gasteiger partial charge in [0.05, 0.1) is 0 Å². The van der Waals surface area contributed by atoms with Gasteiger partial charge in [-0.3, -0.25) is 4.79 Å². The minimum Gasteiger partial charge on any atom is -0.480 e. The van der Waals surface area contributed by atoms with Gasteiger partial charge >= 0.3 is 5.97 Å². The van der Waals surface area contributed by atoms with Crippen LogP contribution in [0.25, 0.3) is 0 Å². The quantitative estimate of drug-likeness (QED) is 0.624. The van der Waals surface area contributed by atoms with Crippen molar-refractivity contribution in [3.8, 4) is 0 Å². The van der Waals surface area contributed by atoms with Crippen molar-refractivity contribution in [2.45, 2.75) is 33.7 Å². The molecule has 90 valence electrons. The molecule has 1 atom stereocenters. The van der Waals surface area contributed by atoms with Crippen molar-refractivity contribution in [1.29, 1.82) is 0 Å². The van der Waals surface area contributed by atoms with Gasteiger partial charge in [0.2, 0.25) is 0 Å². The van der Waals surface area contributed by atoms with E-state index < -0.39 is 27.6 Å². The Morgan fingerprint density at radius 2 is 1.87 bits per heavy atom. The number of carboxylic acid groups (broad SMARTS) is 1. The Morgan fingerprint density at radius 3 is 2.13 bits per heavy atom. The maximum absolute atomic E-state index is 11.3. The largest absolute Gasteiger partial charge is 0.480 e. The predicted octanol–water partition coefficient (Wildman–Crippen LogP) is -0.0704. The molecule has 0 aliphatic heterocycles. The summed E-state index contributed by atoms with van der Waals surface area (Å²) in [7, 11) is -3.74. The molecule has 0 heterocycles. The SMILES string of the molecule is CCNS(=O)(=O)N[C@@H](C(=O)O)C(C)(C)C. The predicted molar refractivity (Wildman–Crippen MR) is 56.6 cm³/mol. The molecule has 0 aromatic rings. The van der Waals surface area contributed by atoms with Crippen molar-refractivity contribution in [3.63, 3.8) is 0 Å². The van der Waals surface area contributed by atoms with Crippen LogP contribution in [0.4, 0.5) is 0 Å². The van der Waals surface area contributed by atoms with Gasteiger partial charge in [0.15, 0.2) is 0 Å². The van der Waals surface area contributed by atoms with Crippen molar-refractivity contribution in [2.24, 2.45) is 5.41 Å². The maximum Gasteiger partial charge on any atom is 0.322 e. The van der Waals surface area contributed by atoms with Gasteiger partial charge in [-0.15, -0.1) is 0 Å². The highest BCUT2D eigenvalue weighted by Crippen LogP contribution is 2.19. The van der Waals surface area contributed by atoms with Gasteiger partial charge in [-0.1, -0.05) is 27.7 Å². The second-order valence-corrected chi connectivity index (χ2v) is 5.79. The van der Waals surface area contributed by atoms with Crippen molar-refractivity contribution in [3.05, 3.63) is 0 Å². The summed E-state index contributed by atoms with van der Waals surface area (Å²) in [6, 6.07) is -1.15. The van der Waals surface area contributed by atoms with Crippen LogP contribution in [0.2, 0.25) is 0 Å². The Balaban J connectivity index is 4.79. The second-order valence-electron chi connectivity index (χ2n) is 4.26. The Morgan fingerprint density at radius 1 is 1.40 bits per heavy atom. The zero-order valence-corrected chi connectivity index (χ0v) is 10.2. The van der Waals surface area contributed by atoms with Crippen LogP contribution in [0.1, 0.15) is 27.7 Å². The van der Waals surface area contributed by atoms with Gasteiger partial charge in [0, 0.05) is 6.54 Å². The average molecular weight is 238 g/mol. The van der Waals surface area contributed by atoms with Gasteiger partial charge in [-0.25, -0.2) is 4.72 Å². The molecular formula is C8H18N2O4S. The van der Waals surface area contributed by atoms with E-state index in [1.807, 2.05) is 0 Å². The van der Waals surface area contributed by atoms with E-state index in [4.69, 9.17) is 5.11 Å². The molecule has 6 nitrogen and oxygen atoms in total. The number of carbonyl (C=O) groups is 1. The van der Waals surface area contributed by atoms with Gasteiger partial charge in [0.1, 0.15) is 6.04 Å². The Kier molecular flexibility index (Phi) is 4.69. The molecule has 3 N–H and O–H groups in total. The standard InChI is InChI=1S/C8H18N2O4S/c1-5-9-15(13,14)10-6(7(11)12)8(2,3)4/h6,9-10H,5H2,1-4H3,(H,11,12)/t6-/m0/s1. The highest BCUT2D eigenvalue weighted by molar-refractivity contribution is 7.87. The van der Waals surface area contributed by atoms with E-state index in [-0.39, 0.29) is 6.54 Å². The third kappa shape index (κ3) is 5.10. The van der Waals surface area contributed by atoms with Gasteiger partial charge in [-0.2, -0.15) is 13.1 Å². The van der Waals surface area contributed by atoms with Crippen LogP contribution in [0.3, 0.4) is 0 Å². The molecule has 0 unspecified atom stereocenters. The molecule has 0 rings (SSSR count). The van der Waals surface area contributed by atoms with E-state index in [0.717, 1.165) is 0 Å². The van der Waals surface area contributed by atoms with Crippen molar-refractivity contribution >= 4 is 16.2 Å². The van der Waals surface area contributed by atoms with Crippen LogP contribution in [0, 0.1) is 5.41 Å². The summed E-state index contributed by atoms with van der Waals surface area (Å²) >= 11 is 0. The molecule has 0 amide bonds.